The Hall–Kier alpha value is -0.450. The molecule has 0 bridgehead atoms. The highest BCUT2D eigenvalue weighted by Crippen LogP contribution is 2.16. The van der Waals surface area contributed by atoms with Gasteiger partial charge in [-0.25, -0.2) is 4.98 Å². The van der Waals surface area contributed by atoms with Crippen LogP contribution in [0.15, 0.2) is 0 Å². The third-order valence-corrected chi connectivity index (χ3v) is 4.18. The maximum Gasteiger partial charge on any atom is 0.0943 e. The van der Waals surface area contributed by atoms with Gasteiger partial charge in [0.1, 0.15) is 0 Å². The predicted molar refractivity (Wildman–Crippen MR) is 67.1 cm³/mol. The van der Waals surface area contributed by atoms with Crippen molar-refractivity contribution in [1.29, 1.82) is 0 Å². The van der Waals surface area contributed by atoms with Crippen LogP contribution in [-0.4, -0.2) is 31.3 Å². The summed E-state index contributed by atoms with van der Waals surface area (Å²) < 4.78 is 5.34. The summed E-state index contributed by atoms with van der Waals surface area (Å²) in [5, 5.41) is 4.75. The lowest BCUT2D eigenvalue weighted by molar-refractivity contribution is 0.185. The van der Waals surface area contributed by atoms with E-state index in [-0.39, 0.29) is 0 Å². The van der Waals surface area contributed by atoms with E-state index in [1.54, 1.807) is 0 Å². The fourth-order valence-corrected chi connectivity index (χ4v) is 2.83. The molecule has 0 radical (unpaired) electrons. The van der Waals surface area contributed by atoms with E-state index in [2.05, 4.69) is 24.1 Å². The molecule has 0 amide bonds. The lowest BCUT2D eigenvalue weighted by atomic mass is 10.1. The zero-order valence-corrected chi connectivity index (χ0v) is 10.9. The molecule has 3 nitrogen and oxygen atoms in total. The zero-order chi connectivity index (χ0) is 11.4. The third kappa shape index (κ3) is 3.27. The molecular formula is C12H20N2OS. The molecule has 0 saturated carbocycles. The Balaban J connectivity index is 1.64. The van der Waals surface area contributed by atoms with Crippen molar-refractivity contribution in [3.63, 3.8) is 0 Å². The van der Waals surface area contributed by atoms with Crippen LogP contribution in [0.2, 0.25) is 0 Å². The van der Waals surface area contributed by atoms with E-state index in [0.717, 1.165) is 38.6 Å². The molecule has 0 aliphatic carbocycles. The number of aryl methyl sites for hydroxylation is 2. The first-order valence-electron chi connectivity index (χ1n) is 5.97. The number of hydrogen-bond donors (Lipinski definition) is 1. The van der Waals surface area contributed by atoms with Crippen molar-refractivity contribution in [1.82, 2.24) is 10.3 Å². The van der Waals surface area contributed by atoms with Crippen LogP contribution in [0, 0.1) is 19.8 Å². The Kier molecular flexibility index (Phi) is 4.32. The van der Waals surface area contributed by atoms with E-state index in [1.165, 1.54) is 22.0 Å². The second-order valence-electron chi connectivity index (χ2n) is 4.43. The number of thiazole rings is 1. The molecular weight excluding hydrogens is 220 g/mol. The molecule has 1 N–H and O–H groups in total. The van der Waals surface area contributed by atoms with E-state index in [4.69, 9.17) is 4.74 Å². The molecule has 4 heteroatoms. The van der Waals surface area contributed by atoms with Gasteiger partial charge in [-0.1, -0.05) is 0 Å². The highest BCUT2D eigenvalue weighted by molar-refractivity contribution is 7.11. The van der Waals surface area contributed by atoms with E-state index in [0.29, 0.717) is 0 Å². The molecule has 16 heavy (non-hydrogen) atoms. The van der Waals surface area contributed by atoms with Crippen LogP contribution < -0.4 is 5.32 Å². The molecule has 1 saturated heterocycles. The van der Waals surface area contributed by atoms with Crippen LogP contribution in [-0.2, 0) is 11.2 Å². The fraction of sp³-hybridized carbons (Fsp3) is 0.750. The zero-order valence-electron chi connectivity index (χ0n) is 10.1. The molecule has 1 aliphatic heterocycles. The lowest BCUT2D eigenvalue weighted by Crippen LogP contribution is -2.25. The van der Waals surface area contributed by atoms with Crippen LogP contribution >= 0.6 is 11.3 Å². The van der Waals surface area contributed by atoms with Crippen molar-refractivity contribution >= 4 is 11.3 Å². The molecule has 1 aliphatic rings. The number of ether oxygens (including phenoxy) is 1. The van der Waals surface area contributed by atoms with Gasteiger partial charge in [-0.2, -0.15) is 0 Å². The molecule has 1 atom stereocenters. The summed E-state index contributed by atoms with van der Waals surface area (Å²) >= 11 is 1.82. The van der Waals surface area contributed by atoms with Crippen molar-refractivity contribution in [3.8, 4) is 0 Å². The van der Waals surface area contributed by atoms with E-state index < -0.39 is 0 Å². The van der Waals surface area contributed by atoms with Gasteiger partial charge in [-0.05, 0) is 26.2 Å². The van der Waals surface area contributed by atoms with Crippen molar-refractivity contribution in [3.05, 3.63) is 15.6 Å². The van der Waals surface area contributed by atoms with Crippen molar-refractivity contribution in [2.24, 2.45) is 5.92 Å². The van der Waals surface area contributed by atoms with Gasteiger partial charge < -0.3 is 10.1 Å². The molecule has 2 rings (SSSR count). The summed E-state index contributed by atoms with van der Waals surface area (Å²) in [6.07, 6.45) is 2.26. The number of rotatable bonds is 5. The van der Waals surface area contributed by atoms with Crippen molar-refractivity contribution in [2.45, 2.75) is 26.7 Å². The van der Waals surface area contributed by atoms with Crippen LogP contribution in [0.4, 0.5) is 0 Å². The summed E-state index contributed by atoms with van der Waals surface area (Å²) in [5.41, 5.74) is 1.18. The normalized spacial score (nSPS) is 20.5. The first kappa shape index (κ1) is 12.0. The molecule has 1 unspecified atom stereocenters. The van der Waals surface area contributed by atoms with E-state index in [1.807, 2.05) is 11.3 Å². The van der Waals surface area contributed by atoms with Gasteiger partial charge in [-0.3, -0.25) is 0 Å². The van der Waals surface area contributed by atoms with E-state index >= 15 is 0 Å². The van der Waals surface area contributed by atoms with Crippen LogP contribution in [0.25, 0.3) is 0 Å². The summed E-state index contributed by atoms with van der Waals surface area (Å²) in [6, 6.07) is 0. The molecule has 1 fully saturated rings. The minimum atomic E-state index is 0.722. The maximum atomic E-state index is 5.34. The highest BCUT2D eigenvalue weighted by Gasteiger charge is 2.14. The average Bonchev–Trinajstić information content (AvgIpc) is 2.85. The first-order chi connectivity index (χ1) is 7.75. The highest BCUT2D eigenvalue weighted by atomic mass is 32.1. The largest absolute Gasteiger partial charge is 0.381 e. The minimum absolute atomic E-state index is 0.722. The average molecular weight is 240 g/mol. The molecule has 2 heterocycles. The van der Waals surface area contributed by atoms with Gasteiger partial charge in [0.2, 0.25) is 0 Å². The van der Waals surface area contributed by atoms with Crippen molar-refractivity contribution < 1.29 is 4.74 Å². The SMILES string of the molecule is Cc1nc(CCNCC2CCOC2)sc1C. The number of nitrogens with zero attached hydrogens (tertiary/aromatic N) is 1. The summed E-state index contributed by atoms with van der Waals surface area (Å²) in [4.78, 5) is 5.88. The summed E-state index contributed by atoms with van der Waals surface area (Å²) in [5.74, 6) is 0.722. The topological polar surface area (TPSA) is 34.2 Å². The Morgan fingerprint density at radius 3 is 3.00 bits per heavy atom. The smallest absolute Gasteiger partial charge is 0.0943 e. The second-order valence-corrected chi connectivity index (χ2v) is 5.72. The van der Waals surface area contributed by atoms with Gasteiger partial charge in [0.25, 0.3) is 0 Å². The standard InChI is InChI=1S/C12H20N2OS/c1-9-10(2)16-12(14-9)3-5-13-7-11-4-6-15-8-11/h11,13H,3-8H2,1-2H3. The molecule has 1 aromatic rings. The Morgan fingerprint density at radius 1 is 1.50 bits per heavy atom. The van der Waals surface area contributed by atoms with Gasteiger partial charge in [0, 0.05) is 31.0 Å². The van der Waals surface area contributed by atoms with Gasteiger partial charge in [-0.15, -0.1) is 11.3 Å². The van der Waals surface area contributed by atoms with Gasteiger partial charge in [0.15, 0.2) is 0 Å². The number of nitrogens with one attached hydrogen (secondary N) is 1. The Morgan fingerprint density at radius 2 is 2.38 bits per heavy atom. The van der Waals surface area contributed by atoms with Crippen LogP contribution in [0.5, 0.6) is 0 Å². The Labute approximate surface area is 101 Å². The minimum Gasteiger partial charge on any atom is -0.381 e. The quantitative estimate of drug-likeness (QED) is 0.799. The summed E-state index contributed by atoms with van der Waals surface area (Å²) in [6.45, 7) is 8.21. The predicted octanol–water partition coefficient (Wildman–Crippen LogP) is 1.93. The monoisotopic (exact) mass is 240 g/mol. The lowest BCUT2D eigenvalue weighted by Gasteiger charge is -2.07. The van der Waals surface area contributed by atoms with Crippen molar-refractivity contribution in [2.75, 3.05) is 26.3 Å². The molecule has 1 aromatic heterocycles. The summed E-state index contributed by atoms with van der Waals surface area (Å²) in [7, 11) is 0. The van der Waals surface area contributed by atoms with Crippen LogP contribution in [0.3, 0.4) is 0 Å². The second kappa shape index (κ2) is 5.75. The van der Waals surface area contributed by atoms with Gasteiger partial charge >= 0.3 is 0 Å². The molecule has 0 aromatic carbocycles. The first-order valence-corrected chi connectivity index (χ1v) is 6.78. The third-order valence-electron chi connectivity index (χ3n) is 3.05. The number of hydrogen-bond acceptors (Lipinski definition) is 4. The van der Waals surface area contributed by atoms with Crippen LogP contribution in [0.1, 0.15) is 22.0 Å². The van der Waals surface area contributed by atoms with Gasteiger partial charge in [0.05, 0.1) is 17.3 Å². The number of aromatic nitrogens is 1. The Bertz CT molecular complexity index is 312. The fourth-order valence-electron chi connectivity index (χ4n) is 1.89. The van der Waals surface area contributed by atoms with E-state index in [9.17, 15) is 0 Å². The molecule has 90 valence electrons. The molecule has 0 spiro atoms. The maximum absolute atomic E-state index is 5.34.